The maximum absolute atomic E-state index is 13.2. The van der Waals surface area contributed by atoms with Crippen molar-refractivity contribution in [2.24, 2.45) is 0 Å². The third-order valence-electron chi connectivity index (χ3n) is 5.32. The third kappa shape index (κ3) is 4.06. The number of nitrogens with zero attached hydrogens (tertiary/aromatic N) is 1. The van der Waals surface area contributed by atoms with E-state index in [2.05, 4.69) is 30.4 Å². The minimum absolute atomic E-state index is 0.0942. The SMILES string of the molecule is Cc1cccc(CCNC(=O)C(c2ccccc2)N2Cc3ccccc3C2=O)c1. The van der Waals surface area contributed by atoms with Gasteiger partial charge in [0.2, 0.25) is 5.91 Å². The minimum Gasteiger partial charge on any atom is -0.354 e. The molecule has 0 aromatic heterocycles. The van der Waals surface area contributed by atoms with Gasteiger partial charge in [0.15, 0.2) is 0 Å². The van der Waals surface area contributed by atoms with Crippen molar-refractivity contribution in [1.82, 2.24) is 10.2 Å². The molecule has 3 aromatic carbocycles. The molecule has 0 radical (unpaired) electrons. The van der Waals surface area contributed by atoms with Gasteiger partial charge >= 0.3 is 0 Å². The van der Waals surface area contributed by atoms with Gasteiger partial charge in [-0.2, -0.15) is 0 Å². The monoisotopic (exact) mass is 384 g/mol. The highest BCUT2D eigenvalue weighted by Crippen LogP contribution is 2.31. The van der Waals surface area contributed by atoms with Crippen molar-refractivity contribution in [3.63, 3.8) is 0 Å². The topological polar surface area (TPSA) is 49.4 Å². The molecule has 146 valence electrons. The van der Waals surface area contributed by atoms with Crippen molar-refractivity contribution in [2.45, 2.75) is 25.9 Å². The van der Waals surface area contributed by atoms with Gasteiger partial charge in [-0.1, -0.05) is 78.4 Å². The van der Waals surface area contributed by atoms with Crippen LogP contribution in [0.2, 0.25) is 0 Å². The first-order valence-corrected chi connectivity index (χ1v) is 9.90. The quantitative estimate of drug-likeness (QED) is 0.697. The van der Waals surface area contributed by atoms with Gasteiger partial charge in [-0.05, 0) is 36.1 Å². The molecule has 2 amide bonds. The summed E-state index contributed by atoms with van der Waals surface area (Å²) in [4.78, 5) is 27.8. The fraction of sp³-hybridized carbons (Fsp3) is 0.200. The summed E-state index contributed by atoms with van der Waals surface area (Å²) in [6.07, 6.45) is 0.753. The lowest BCUT2D eigenvalue weighted by atomic mass is 10.0. The second-order valence-electron chi connectivity index (χ2n) is 7.43. The summed E-state index contributed by atoms with van der Waals surface area (Å²) < 4.78 is 0. The van der Waals surface area contributed by atoms with Crippen LogP contribution in [0.15, 0.2) is 78.9 Å². The van der Waals surface area contributed by atoms with Crippen molar-refractivity contribution >= 4 is 11.8 Å². The summed E-state index contributed by atoms with van der Waals surface area (Å²) in [5.74, 6) is -0.242. The van der Waals surface area contributed by atoms with Gasteiger partial charge in [-0.25, -0.2) is 0 Å². The highest BCUT2D eigenvalue weighted by molar-refractivity contribution is 6.01. The van der Waals surface area contributed by atoms with E-state index in [-0.39, 0.29) is 11.8 Å². The van der Waals surface area contributed by atoms with Gasteiger partial charge in [0.25, 0.3) is 5.91 Å². The molecule has 1 atom stereocenters. The molecule has 0 fully saturated rings. The zero-order valence-electron chi connectivity index (χ0n) is 16.5. The van der Waals surface area contributed by atoms with Crippen LogP contribution in [0.25, 0.3) is 0 Å². The molecule has 1 heterocycles. The second kappa shape index (κ2) is 8.31. The predicted octanol–water partition coefficient (Wildman–Crippen LogP) is 4.05. The molecule has 4 heteroatoms. The molecule has 0 bridgehead atoms. The van der Waals surface area contributed by atoms with Gasteiger partial charge in [0.05, 0.1) is 0 Å². The van der Waals surface area contributed by atoms with Crippen LogP contribution in [-0.2, 0) is 17.8 Å². The lowest BCUT2D eigenvalue weighted by molar-refractivity contribution is -0.125. The Morgan fingerprint density at radius 3 is 2.52 bits per heavy atom. The number of nitrogens with one attached hydrogen (secondary N) is 1. The maximum Gasteiger partial charge on any atom is 0.255 e. The lowest BCUT2D eigenvalue weighted by Gasteiger charge is -2.27. The van der Waals surface area contributed by atoms with Crippen LogP contribution in [-0.4, -0.2) is 23.3 Å². The van der Waals surface area contributed by atoms with E-state index in [1.807, 2.05) is 60.7 Å². The van der Waals surface area contributed by atoms with Crippen LogP contribution in [0.4, 0.5) is 0 Å². The number of hydrogen-bond donors (Lipinski definition) is 1. The lowest BCUT2D eigenvalue weighted by Crippen LogP contribution is -2.41. The number of carbonyl (C=O) groups is 2. The van der Waals surface area contributed by atoms with Crippen LogP contribution in [0.3, 0.4) is 0 Å². The summed E-state index contributed by atoms with van der Waals surface area (Å²) >= 11 is 0. The van der Waals surface area contributed by atoms with Crippen molar-refractivity contribution in [2.75, 3.05) is 6.54 Å². The van der Waals surface area contributed by atoms with Crippen molar-refractivity contribution in [3.8, 4) is 0 Å². The maximum atomic E-state index is 13.2. The molecular formula is C25H24N2O2. The first kappa shape index (κ1) is 18.9. The predicted molar refractivity (Wildman–Crippen MR) is 113 cm³/mol. The zero-order valence-corrected chi connectivity index (χ0v) is 16.5. The van der Waals surface area contributed by atoms with Gasteiger partial charge in [0.1, 0.15) is 6.04 Å². The number of benzene rings is 3. The molecular weight excluding hydrogens is 360 g/mol. The molecule has 0 saturated carbocycles. The number of amides is 2. The van der Waals surface area contributed by atoms with Crippen LogP contribution >= 0.6 is 0 Å². The van der Waals surface area contributed by atoms with E-state index in [9.17, 15) is 9.59 Å². The minimum atomic E-state index is -0.645. The van der Waals surface area contributed by atoms with E-state index < -0.39 is 6.04 Å². The number of aryl methyl sites for hydroxylation is 1. The average Bonchev–Trinajstić information content (AvgIpc) is 3.06. The Hall–Kier alpha value is -3.40. The number of carbonyl (C=O) groups excluding carboxylic acids is 2. The van der Waals surface area contributed by atoms with Crippen molar-refractivity contribution < 1.29 is 9.59 Å². The van der Waals surface area contributed by atoms with Crippen LogP contribution < -0.4 is 5.32 Å². The fourth-order valence-corrected chi connectivity index (χ4v) is 3.89. The molecule has 1 unspecified atom stereocenters. The van der Waals surface area contributed by atoms with Gasteiger partial charge in [-0.3, -0.25) is 9.59 Å². The van der Waals surface area contributed by atoms with Gasteiger partial charge < -0.3 is 10.2 Å². The summed E-state index contributed by atoms with van der Waals surface area (Å²) in [6, 6.07) is 24.7. The molecule has 29 heavy (non-hydrogen) atoms. The summed E-state index contributed by atoms with van der Waals surface area (Å²) in [7, 11) is 0. The Morgan fingerprint density at radius 2 is 1.76 bits per heavy atom. The van der Waals surface area contributed by atoms with E-state index >= 15 is 0 Å². The molecule has 1 aliphatic rings. The third-order valence-corrected chi connectivity index (χ3v) is 5.32. The first-order valence-electron chi connectivity index (χ1n) is 9.90. The highest BCUT2D eigenvalue weighted by atomic mass is 16.2. The molecule has 4 nitrogen and oxygen atoms in total. The fourth-order valence-electron chi connectivity index (χ4n) is 3.89. The Bertz CT molecular complexity index is 1030. The van der Waals surface area contributed by atoms with Crippen LogP contribution in [0.1, 0.15) is 38.7 Å². The molecule has 1 N–H and O–H groups in total. The molecule has 0 spiro atoms. The van der Waals surface area contributed by atoms with Crippen LogP contribution in [0, 0.1) is 6.92 Å². The molecule has 3 aromatic rings. The molecule has 4 rings (SSSR count). The van der Waals surface area contributed by atoms with Gasteiger partial charge in [-0.15, -0.1) is 0 Å². The standard InChI is InChI=1S/C25H24N2O2/c1-18-8-7-9-19(16-18)14-15-26-24(28)23(20-10-3-2-4-11-20)27-17-21-12-5-6-13-22(21)25(27)29/h2-13,16,23H,14-15,17H2,1H3,(H,26,28). The summed E-state index contributed by atoms with van der Waals surface area (Å²) in [6.45, 7) is 3.03. The van der Waals surface area contributed by atoms with Crippen molar-refractivity contribution in [3.05, 3.63) is 107 Å². The van der Waals surface area contributed by atoms with E-state index in [1.165, 1.54) is 11.1 Å². The zero-order chi connectivity index (χ0) is 20.2. The molecule has 1 aliphatic heterocycles. The van der Waals surface area contributed by atoms with E-state index in [1.54, 1.807) is 4.90 Å². The Morgan fingerprint density at radius 1 is 1.00 bits per heavy atom. The second-order valence-corrected chi connectivity index (χ2v) is 7.43. The largest absolute Gasteiger partial charge is 0.354 e. The van der Waals surface area contributed by atoms with E-state index in [0.29, 0.717) is 18.7 Å². The van der Waals surface area contributed by atoms with Crippen LogP contribution in [0.5, 0.6) is 0 Å². The molecule has 0 aliphatic carbocycles. The molecule has 0 saturated heterocycles. The number of hydrogen-bond acceptors (Lipinski definition) is 2. The van der Waals surface area contributed by atoms with Crippen molar-refractivity contribution in [1.29, 1.82) is 0 Å². The van der Waals surface area contributed by atoms with E-state index in [4.69, 9.17) is 0 Å². The van der Waals surface area contributed by atoms with Gasteiger partial charge in [0, 0.05) is 18.7 Å². The first-order chi connectivity index (χ1) is 14.1. The summed E-state index contributed by atoms with van der Waals surface area (Å²) in [5, 5.41) is 3.04. The summed E-state index contributed by atoms with van der Waals surface area (Å²) in [5.41, 5.74) is 4.86. The smallest absolute Gasteiger partial charge is 0.255 e. The Kier molecular flexibility index (Phi) is 5.43. The number of fused-ring (bicyclic) bond motifs is 1. The average molecular weight is 384 g/mol. The van der Waals surface area contributed by atoms with E-state index in [0.717, 1.165) is 17.5 Å². The Balaban J connectivity index is 1.52. The normalized spacial score (nSPS) is 13.8. The number of rotatable bonds is 6. The highest BCUT2D eigenvalue weighted by Gasteiger charge is 2.36. The Labute approximate surface area is 171 Å².